The number of esters is 1. The van der Waals surface area contributed by atoms with Crippen molar-refractivity contribution in [2.45, 2.75) is 64.9 Å². The summed E-state index contributed by atoms with van der Waals surface area (Å²) >= 11 is 0. The van der Waals surface area contributed by atoms with Crippen molar-refractivity contribution in [3.05, 3.63) is 37.0 Å². The summed E-state index contributed by atoms with van der Waals surface area (Å²) in [6.07, 6.45) is 14.0. The predicted molar refractivity (Wildman–Crippen MR) is 82.0 cm³/mol. The monoisotopic (exact) mass is 264 g/mol. The van der Waals surface area contributed by atoms with E-state index in [1.54, 1.807) is 13.0 Å². The lowest BCUT2D eigenvalue weighted by atomic mass is 10.1. The highest BCUT2D eigenvalue weighted by Crippen LogP contribution is 2.08. The number of rotatable bonds is 11. The topological polar surface area (TPSA) is 26.3 Å². The van der Waals surface area contributed by atoms with Gasteiger partial charge in [-0.3, -0.25) is 0 Å². The molecule has 0 fully saturated rings. The number of hydrogen-bond donors (Lipinski definition) is 0. The lowest BCUT2D eigenvalue weighted by Crippen LogP contribution is -2.13. The first-order chi connectivity index (χ1) is 9.11. The van der Waals surface area contributed by atoms with Gasteiger partial charge >= 0.3 is 5.97 Å². The van der Waals surface area contributed by atoms with Gasteiger partial charge in [0.2, 0.25) is 0 Å². The Morgan fingerprint density at radius 1 is 1.21 bits per heavy atom. The Labute approximate surface area is 118 Å². The molecule has 0 heterocycles. The zero-order chi connectivity index (χ0) is 14.5. The second kappa shape index (κ2) is 11.8. The van der Waals surface area contributed by atoms with Crippen LogP contribution in [0.1, 0.15) is 58.8 Å². The van der Waals surface area contributed by atoms with E-state index in [1.807, 2.05) is 6.08 Å². The van der Waals surface area contributed by atoms with Crippen LogP contribution in [0.4, 0.5) is 0 Å². The van der Waals surface area contributed by atoms with Crippen molar-refractivity contribution in [1.82, 2.24) is 0 Å². The molecule has 0 bridgehead atoms. The van der Waals surface area contributed by atoms with Crippen LogP contribution in [-0.2, 0) is 9.53 Å². The van der Waals surface area contributed by atoms with Gasteiger partial charge in [-0.05, 0) is 31.9 Å². The third kappa shape index (κ3) is 10.3. The fraction of sp³-hybridized carbons (Fsp3) is 0.588. The Balaban J connectivity index is 3.74. The van der Waals surface area contributed by atoms with Crippen molar-refractivity contribution in [2.75, 3.05) is 0 Å². The average molecular weight is 264 g/mol. The molecule has 0 spiro atoms. The number of unbranched alkanes of at least 4 members (excludes halogenated alkanes) is 6. The normalized spacial score (nSPS) is 12.3. The van der Waals surface area contributed by atoms with Crippen LogP contribution in [0.5, 0.6) is 0 Å². The standard InChI is InChI=1S/C17H28O2/c1-5-7-8-9-10-11-12-13-14-16(6-2)19-17(18)15(3)4/h6,13-14,16H,2-3,5,7-12H2,1,4H3/b14-13+. The summed E-state index contributed by atoms with van der Waals surface area (Å²) in [5.41, 5.74) is 0.413. The quantitative estimate of drug-likeness (QED) is 0.228. The van der Waals surface area contributed by atoms with E-state index in [2.05, 4.69) is 26.2 Å². The highest BCUT2D eigenvalue weighted by molar-refractivity contribution is 5.87. The number of carbonyl (C=O) groups excluding carboxylic acids is 1. The van der Waals surface area contributed by atoms with Crippen molar-refractivity contribution >= 4 is 5.97 Å². The molecule has 0 saturated carbocycles. The zero-order valence-corrected chi connectivity index (χ0v) is 12.5. The van der Waals surface area contributed by atoms with Crippen LogP contribution >= 0.6 is 0 Å². The maximum Gasteiger partial charge on any atom is 0.334 e. The Hall–Kier alpha value is -1.31. The van der Waals surface area contributed by atoms with E-state index in [-0.39, 0.29) is 12.1 Å². The fourth-order valence-electron chi connectivity index (χ4n) is 1.66. The molecular weight excluding hydrogens is 236 g/mol. The summed E-state index contributed by atoms with van der Waals surface area (Å²) < 4.78 is 5.18. The van der Waals surface area contributed by atoms with Crippen molar-refractivity contribution in [1.29, 1.82) is 0 Å². The van der Waals surface area contributed by atoms with Crippen LogP contribution in [-0.4, -0.2) is 12.1 Å². The van der Waals surface area contributed by atoms with Crippen LogP contribution in [0.15, 0.2) is 37.0 Å². The number of ether oxygens (including phenoxy) is 1. The number of carbonyl (C=O) groups is 1. The highest BCUT2D eigenvalue weighted by atomic mass is 16.5. The Bertz CT molecular complexity index is 302. The van der Waals surface area contributed by atoms with Gasteiger partial charge in [-0.2, -0.15) is 0 Å². The summed E-state index contributed by atoms with van der Waals surface area (Å²) in [7, 11) is 0. The van der Waals surface area contributed by atoms with Crippen LogP contribution in [0, 0.1) is 0 Å². The summed E-state index contributed by atoms with van der Waals surface area (Å²) in [4.78, 5) is 11.3. The van der Waals surface area contributed by atoms with Crippen molar-refractivity contribution in [3.63, 3.8) is 0 Å². The lowest BCUT2D eigenvalue weighted by molar-refractivity contribution is -0.140. The molecule has 0 aliphatic rings. The molecule has 0 aromatic rings. The van der Waals surface area contributed by atoms with Gasteiger partial charge in [-0.15, -0.1) is 0 Å². The SMILES string of the molecule is C=CC(/C=C/CCCCCCCC)OC(=O)C(=C)C. The molecule has 0 aromatic heterocycles. The Morgan fingerprint density at radius 2 is 1.84 bits per heavy atom. The summed E-state index contributed by atoms with van der Waals surface area (Å²) in [5.74, 6) is -0.367. The molecule has 0 N–H and O–H groups in total. The van der Waals surface area contributed by atoms with E-state index in [1.165, 1.54) is 38.5 Å². The van der Waals surface area contributed by atoms with Crippen LogP contribution in [0.3, 0.4) is 0 Å². The smallest absolute Gasteiger partial charge is 0.334 e. The largest absolute Gasteiger partial charge is 0.451 e. The van der Waals surface area contributed by atoms with Crippen molar-refractivity contribution in [3.8, 4) is 0 Å². The van der Waals surface area contributed by atoms with Crippen LogP contribution in [0.25, 0.3) is 0 Å². The number of allylic oxidation sites excluding steroid dienone is 1. The number of hydrogen-bond acceptors (Lipinski definition) is 2. The van der Waals surface area contributed by atoms with E-state index in [0.717, 1.165) is 6.42 Å². The second-order valence-corrected chi connectivity index (χ2v) is 4.87. The minimum Gasteiger partial charge on any atom is -0.451 e. The molecule has 2 nitrogen and oxygen atoms in total. The maximum absolute atomic E-state index is 11.3. The van der Waals surface area contributed by atoms with E-state index in [9.17, 15) is 4.79 Å². The molecule has 0 saturated heterocycles. The van der Waals surface area contributed by atoms with Gasteiger partial charge in [0.05, 0.1) is 0 Å². The molecular formula is C17H28O2. The molecule has 0 rings (SSSR count). The van der Waals surface area contributed by atoms with E-state index >= 15 is 0 Å². The van der Waals surface area contributed by atoms with Gasteiger partial charge in [-0.1, -0.05) is 58.3 Å². The van der Waals surface area contributed by atoms with Gasteiger partial charge in [0, 0.05) is 5.57 Å². The fourth-order valence-corrected chi connectivity index (χ4v) is 1.66. The van der Waals surface area contributed by atoms with Crippen LogP contribution < -0.4 is 0 Å². The Morgan fingerprint density at radius 3 is 2.42 bits per heavy atom. The van der Waals surface area contributed by atoms with Crippen LogP contribution in [0.2, 0.25) is 0 Å². The van der Waals surface area contributed by atoms with Gasteiger partial charge in [0.1, 0.15) is 6.10 Å². The van der Waals surface area contributed by atoms with Crippen molar-refractivity contribution in [2.24, 2.45) is 0 Å². The Kier molecular flexibility index (Phi) is 11.0. The van der Waals surface area contributed by atoms with Gasteiger partial charge in [-0.25, -0.2) is 4.79 Å². The van der Waals surface area contributed by atoms with Gasteiger partial charge < -0.3 is 4.74 Å². The second-order valence-electron chi connectivity index (χ2n) is 4.87. The minimum absolute atomic E-state index is 0.343. The van der Waals surface area contributed by atoms with Gasteiger partial charge in [0.15, 0.2) is 0 Å². The third-order valence-electron chi connectivity index (χ3n) is 2.87. The molecule has 108 valence electrons. The average Bonchev–Trinajstić information content (AvgIpc) is 2.39. The molecule has 1 atom stereocenters. The minimum atomic E-state index is -0.367. The lowest BCUT2D eigenvalue weighted by Gasteiger charge is -2.09. The summed E-state index contributed by atoms with van der Waals surface area (Å²) in [5, 5.41) is 0. The van der Waals surface area contributed by atoms with E-state index in [0.29, 0.717) is 5.57 Å². The van der Waals surface area contributed by atoms with Crippen molar-refractivity contribution < 1.29 is 9.53 Å². The molecule has 0 radical (unpaired) electrons. The van der Waals surface area contributed by atoms with E-state index < -0.39 is 0 Å². The third-order valence-corrected chi connectivity index (χ3v) is 2.87. The first-order valence-electron chi connectivity index (χ1n) is 7.27. The first kappa shape index (κ1) is 17.7. The molecule has 0 aliphatic carbocycles. The zero-order valence-electron chi connectivity index (χ0n) is 12.5. The molecule has 0 amide bonds. The van der Waals surface area contributed by atoms with E-state index in [4.69, 9.17) is 4.74 Å². The molecule has 1 unspecified atom stereocenters. The summed E-state index contributed by atoms with van der Waals surface area (Å²) in [6.45, 7) is 11.1. The molecule has 19 heavy (non-hydrogen) atoms. The molecule has 0 aromatic carbocycles. The molecule has 0 aliphatic heterocycles. The predicted octanol–water partition coefficient (Wildman–Crippen LogP) is 4.97. The highest BCUT2D eigenvalue weighted by Gasteiger charge is 2.07. The summed E-state index contributed by atoms with van der Waals surface area (Å²) in [6, 6.07) is 0. The molecule has 2 heteroatoms. The first-order valence-corrected chi connectivity index (χ1v) is 7.27. The maximum atomic E-state index is 11.3. The van der Waals surface area contributed by atoms with Gasteiger partial charge in [0.25, 0.3) is 0 Å².